The lowest BCUT2D eigenvalue weighted by Crippen LogP contribution is -2.73. The Morgan fingerprint density at radius 2 is 1.95 bits per heavy atom. The molecule has 1 unspecified atom stereocenters. The molecular formula is C14H23NO5SSi. The van der Waals surface area contributed by atoms with Crippen molar-refractivity contribution >= 4 is 26.5 Å². The van der Waals surface area contributed by atoms with Gasteiger partial charge in [-0.3, -0.25) is 0 Å². The van der Waals surface area contributed by atoms with E-state index in [4.69, 9.17) is 23.7 Å². The van der Waals surface area contributed by atoms with Crippen molar-refractivity contribution in [2.45, 2.75) is 32.4 Å². The number of rotatable bonds is 7. The molecule has 1 aliphatic rings. The second-order valence-electron chi connectivity index (χ2n) is 5.11. The molecule has 0 aromatic rings. The minimum Gasteiger partial charge on any atom is -0.487 e. The molecule has 0 bridgehead atoms. The fraction of sp³-hybridized carbons (Fsp3) is 0.500. The summed E-state index contributed by atoms with van der Waals surface area (Å²) in [6.07, 6.45) is 3.40. The highest BCUT2D eigenvalue weighted by atomic mass is 32.2. The fourth-order valence-corrected chi connectivity index (χ4v) is 5.42. The zero-order valence-corrected chi connectivity index (χ0v) is 15.2. The van der Waals surface area contributed by atoms with Crippen LogP contribution < -0.4 is 5.73 Å². The van der Waals surface area contributed by atoms with E-state index in [0.29, 0.717) is 23.0 Å². The van der Waals surface area contributed by atoms with Crippen molar-refractivity contribution in [1.29, 1.82) is 0 Å². The van der Waals surface area contributed by atoms with Crippen molar-refractivity contribution in [3.8, 4) is 0 Å². The lowest BCUT2D eigenvalue weighted by molar-refractivity contribution is -0.142. The predicted molar refractivity (Wildman–Crippen MR) is 88.4 cm³/mol. The Labute approximate surface area is 136 Å². The summed E-state index contributed by atoms with van der Waals surface area (Å²) >= 11 is 1.55. The molecule has 8 heteroatoms. The van der Waals surface area contributed by atoms with E-state index in [1.165, 1.54) is 6.26 Å². The molecule has 1 heterocycles. The van der Waals surface area contributed by atoms with Crippen LogP contribution >= 0.6 is 11.8 Å². The first-order chi connectivity index (χ1) is 10.2. The van der Waals surface area contributed by atoms with E-state index in [0.717, 1.165) is 0 Å². The minimum atomic E-state index is -3.75. The lowest BCUT2D eigenvalue weighted by Gasteiger charge is -2.38. The molecule has 2 N–H and O–H groups in total. The summed E-state index contributed by atoms with van der Waals surface area (Å²) in [6, 6.07) is 0. The first kappa shape index (κ1) is 18.7. The number of cyclic esters (lactones) is 1. The van der Waals surface area contributed by atoms with Crippen molar-refractivity contribution in [3.05, 3.63) is 36.7 Å². The third-order valence-electron chi connectivity index (χ3n) is 2.86. The Kier molecular flexibility index (Phi) is 6.15. The Hall–Kier alpha value is -1.38. The number of esters is 1. The van der Waals surface area contributed by atoms with Gasteiger partial charge >= 0.3 is 14.8 Å². The molecule has 0 aromatic carbocycles. The normalized spacial score (nSPS) is 23.5. The minimum absolute atomic E-state index is 0.279. The van der Waals surface area contributed by atoms with Crippen LogP contribution in [0.15, 0.2) is 36.7 Å². The van der Waals surface area contributed by atoms with Crippen LogP contribution in [0.25, 0.3) is 0 Å². The lowest BCUT2D eigenvalue weighted by atomic mass is 10.2. The summed E-state index contributed by atoms with van der Waals surface area (Å²) in [6.45, 7) is 12.4. The molecular weight excluding hydrogens is 322 g/mol. The first-order valence-electron chi connectivity index (χ1n) is 6.70. The molecule has 0 saturated carbocycles. The van der Waals surface area contributed by atoms with Crippen molar-refractivity contribution in [2.24, 2.45) is 5.73 Å². The van der Waals surface area contributed by atoms with Crippen LogP contribution in [0.3, 0.4) is 0 Å². The van der Waals surface area contributed by atoms with Gasteiger partial charge in [0.25, 0.3) is 0 Å². The number of nitrogens with two attached hydrogens (primary N) is 1. The van der Waals surface area contributed by atoms with Gasteiger partial charge < -0.3 is 23.7 Å². The van der Waals surface area contributed by atoms with E-state index in [1.54, 1.807) is 32.5 Å². The summed E-state index contributed by atoms with van der Waals surface area (Å²) in [5.74, 6) is 0.998. The van der Waals surface area contributed by atoms with Gasteiger partial charge in [-0.2, -0.15) is 11.8 Å². The second-order valence-corrected chi connectivity index (χ2v) is 8.72. The molecule has 1 atom stereocenters. The average Bonchev–Trinajstić information content (AvgIpc) is 2.47. The van der Waals surface area contributed by atoms with Gasteiger partial charge in [-0.25, -0.2) is 4.79 Å². The Balaban J connectivity index is 3.42. The Morgan fingerprint density at radius 1 is 1.41 bits per heavy atom. The Morgan fingerprint density at radius 3 is 2.41 bits per heavy atom. The molecule has 0 saturated heterocycles. The number of hydrogen-bond donors (Lipinski definition) is 1. The van der Waals surface area contributed by atoms with Crippen LogP contribution in [0.4, 0.5) is 0 Å². The first-order valence-corrected chi connectivity index (χ1v) is 9.82. The van der Waals surface area contributed by atoms with Crippen LogP contribution in [0.5, 0.6) is 0 Å². The maximum atomic E-state index is 12.5. The zero-order chi connectivity index (χ0) is 17.0. The molecule has 0 radical (unpaired) electrons. The molecule has 0 fully saturated rings. The van der Waals surface area contributed by atoms with Crippen LogP contribution in [-0.2, 0) is 22.8 Å². The molecule has 0 spiro atoms. The van der Waals surface area contributed by atoms with Gasteiger partial charge in [-0.1, -0.05) is 13.2 Å². The SMILES string of the molecule is C=C(C)O[Si]1(OC(=C)C)OC(C)=COC(=O)C1(N)CCSC. The number of hydrogen-bond acceptors (Lipinski definition) is 7. The number of ether oxygens (including phenoxy) is 1. The molecule has 124 valence electrons. The average molecular weight is 345 g/mol. The van der Waals surface area contributed by atoms with Crippen LogP contribution in [0.1, 0.15) is 27.2 Å². The van der Waals surface area contributed by atoms with Crippen molar-refractivity contribution < 1.29 is 22.8 Å². The van der Waals surface area contributed by atoms with Crippen LogP contribution in [0, 0.1) is 0 Å². The summed E-state index contributed by atoms with van der Waals surface area (Å²) in [7, 11) is -3.75. The van der Waals surface area contributed by atoms with E-state index in [9.17, 15) is 4.79 Å². The highest BCUT2D eigenvalue weighted by molar-refractivity contribution is 7.98. The molecule has 0 amide bonds. The van der Waals surface area contributed by atoms with Gasteiger partial charge in [0.1, 0.15) is 12.0 Å². The third kappa shape index (κ3) is 3.87. The van der Waals surface area contributed by atoms with E-state index in [2.05, 4.69) is 13.2 Å². The number of carbonyl (C=O) groups excluding carboxylic acids is 1. The van der Waals surface area contributed by atoms with E-state index in [1.807, 2.05) is 6.26 Å². The Bertz CT molecular complexity index is 491. The van der Waals surface area contributed by atoms with Crippen LogP contribution in [0.2, 0.25) is 0 Å². The van der Waals surface area contributed by atoms with Gasteiger partial charge in [-0.05, 0) is 39.2 Å². The standard InChI is InChI=1S/C14H23NO5SSi/c1-10(2)18-22(19-11(3)4)14(15,7-8-21-6)13(16)17-9-12(5)20-22/h9H,1,3,7-8,15H2,2,4-6H3. The van der Waals surface area contributed by atoms with E-state index in [-0.39, 0.29) is 6.42 Å². The molecule has 1 rings (SSSR count). The second kappa shape index (κ2) is 7.25. The zero-order valence-electron chi connectivity index (χ0n) is 13.4. The maximum absolute atomic E-state index is 12.5. The quantitative estimate of drug-likeness (QED) is 0.431. The van der Waals surface area contributed by atoms with Gasteiger partial charge in [-0.15, -0.1) is 0 Å². The summed E-state index contributed by atoms with van der Waals surface area (Å²) in [5.41, 5.74) is 6.41. The molecule has 0 aromatic heterocycles. The number of thioether (sulfide) groups is 1. The fourth-order valence-electron chi connectivity index (χ4n) is 1.92. The predicted octanol–water partition coefficient (Wildman–Crippen LogP) is 2.45. The van der Waals surface area contributed by atoms with E-state index >= 15 is 0 Å². The molecule has 1 aliphatic heterocycles. The monoisotopic (exact) mass is 345 g/mol. The smallest absolute Gasteiger partial charge is 0.487 e. The van der Waals surface area contributed by atoms with Crippen molar-refractivity contribution in [2.75, 3.05) is 12.0 Å². The van der Waals surface area contributed by atoms with Gasteiger partial charge in [0.05, 0.1) is 11.5 Å². The largest absolute Gasteiger partial charge is 0.731 e. The van der Waals surface area contributed by atoms with E-state index < -0.39 is 19.9 Å². The molecule has 0 aliphatic carbocycles. The van der Waals surface area contributed by atoms with Gasteiger partial charge in [0, 0.05) is 0 Å². The highest BCUT2D eigenvalue weighted by Crippen LogP contribution is 2.35. The maximum Gasteiger partial charge on any atom is 0.731 e. The highest BCUT2D eigenvalue weighted by Gasteiger charge is 2.72. The third-order valence-corrected chi connectivity index (χ3v) is 6.84. The summed E-state index contributed by atoms with van der Waals surface area (Å²) in [4.78, 5) is 12.5. The summed E-state index contributed by atoms with van der Waals surface area (Å²) < 4.78 is 22.5. The molecule has 22 heavy (non-hydrogen) atoms. The number of allylic oxidation sites excluding steroid dienone is 3. The van der Waals surface area contributed by atoms with Crippen molar-refractivity contribution in [3.63, 3.8) is 0 Å². The van der Waals surface area contributed by atoms with Gasteiger partial charge in [0.2, 0.25) is 5.16 Å². The van der Waals surface area contributed by atoms with Crippen LogP contribution in [-0.4, -0.2) is 31.9 Å². The summed E-state index contributed by atoms with van der Waals surface area (Å²) in [5, 5.41) is -1.55. The molecule has 6 nitrogen and oxygen atoms in total. The topological polar surface area (TPSA) is 80.0 Å². The van der Waals surface area contributed by atoms with Gasteiger partial charge in [0.15, 0.2) is 0 Å². The number of carbonyl (C=O) groups is 1. The van der Waals surface area contributed by atoms with Crippen molar-refractivity contribution in [1.82, 2.24) is 0 Å².